The normalized spacial score (nSPS) is 21.8. The highest BCUT2D eigenvalue weighted by Gasteiger charge is 2.42. The lowest BCUT2D eigenvalue weighted by atomic mass is 9.85. The maximum atomic E-state index is 12.9. The van der Waals surface area contributed by atoms with Crippen LogP contribution < -0.4 is 5.32 Å². The van der Waals surface area contributed by atoms with E-state index in [1.165, 1.54) is 12.8 Å². The molecule has 1 aliphatic carbocycles. The summed E-state index contributed by atoms with van der Waals surface area (Å²) in [6.07, 6.45) is 8.84. The molecule has 0 aromatic heterocycles. The van der Waals surface area contributed by atoms with Crippen LogP contribution in [0.1, 0.15) is 58.3 Å². The van der Waals surface area contributed by atoms with E-state index in [1.54, 1.807) is 4.90 Å². The number of hydrogen-bond acceptors (Lipinski definition) is 4. The van der Waals surface area contributed by atoms with Gasteiger partial charge in [0.15, 0.2) is 5.96 Å². The van der Waals surface area contributed by atoms with Gasteiger partial charge in [-0.3, -0.25) is 19.5 Å². The molecule has 9 heteroatoms. The summed E-state index contributed by atoms with van der Waals surface area (Å²) in [6.45, 7) is 9.26. The van der Waals surface area contributed by atoms with Gasteiger partial charge in [-0.05, 0) is 32.6 Å². The first-order valence-electron chi connectivity index (χ1n) is 12.7. The van der Waals surface area contributed by atoms with Crippen molar-refractivity contribution in [3.05, 3.63) is 0 Å². The van der Waals surface area contributed by atoms with E-state index in [-0.39, 0.29) is 41.2 Å². The Labute approximate surface area is 217 Å². The lowest BCUT2D eigenvalue weighted by Crippen LogP contribution is -2.54. The Morgan fingerprint density at radius 1 is 0.879 bits per heavy atom. The Morgan fingerprint density at radius 2 is 1.48 bits per heavy atom. The van der Waals surface area contributed by atoms with Crippen molar-refractivity contribution in [2.24, 2.45) is 10.4 Å². The molecule has 3 aliphatic rings. The molecule has 2 amide bonds. The zero-order chi connectivity index (χ0) is 23.0. The first-order valence-corrected chi connectivity index (χ1v) is 12.7. The number of aliphatic imine (C=N–C) groups is 1. The first kappa shape index (κ1) is 28.1. The molecule has 190 valence electrons. The highest BCUT2D eigenvalue weighted by molar-refractivity contribution is 14.0. The standard InChI is InChI=1S/C24H44N6O2.HI/c1-4-25-23(26-20-24(11-7-8-12-24)22(32)27(2)3)30-17-15-28(16-18-30)19-21(31)29-13-9-5-6-10-14-29;/h4-20H2,1-3H3,(H,25,26);1H. The summed E-state index contributed by atoms with van der Waals surface area (Å²) in [7, 11) is 3.70. The van der Waals surface area contributed by atoms with Crippen molar-refractivity contribution in [2.75, 3.05) is 73.0 Å². The molecule has 0 atom stereocenters. The molecule has 2 aliphatic heterocycles. The monoisotopic (exact) mass is 576 g/mol. The van der Waals surface area contributed by atoms with E-state index >= 15 is 0 Å². The zero-order valence-electron chi connectivity index (χ0n) is 21.0. The van der Waals surface area contributed by atoms with Crippen LogP contribution in [0, 0.1) is 5.41 Å². The van der Waals surface area contributed by atoms with E-state index in [2.05, 4.69) is 26.9 Å². The highest BCUT2D eigenvalue weighted by atomic mass is 127. The number of hydrogen-bond donors (Lipinski definition) is 1. The molecule has 0 aromatic carbocycles. The molecule has 0 bridgehead atoms. The van der Waals surface area contributed by atoms with Crippen LogP contribution in [-0.4, -0.2) is 110 Å². The predicted molar refractivity (Wildman–Crippen MR) is 144 cm³/mol. The van der Waals surface area contributed by atoms with Crippen molar-refractivity contribution in [2.45, 2.75) is 58.3 Å². The largest absolute Gasteiger partial charge is 0.357 e. The van der Waals surface area contributed by atoms with Crippen molar-refractivity contribution < 1.29 is 9.59 Å². The van der Waals surface area contributed by atoms with E-state index in [0.717, 1.165) is 90.3 Å². The highest BCUT2D eigenvalue weighted by Crippen LogP contribution is 2.39. The van der Waals surface area contributed by atoms with Crippen LogP contribution in [-0.2, 0) is 9.59 Å². The summed E-state index contributed by atoms with van der Waals surface area (Å²) in [5.41, 5.74) is -0.342. The van der Waals surface area contributed by atoms with Crippen LogP contribution in [0.5, 0.6) is 0 Å². The first-order chi connectivity index (χ1) is 15.4. The summed E-state index contributed by atoms with van der Waals surface area (Å²) in [4.78, 5) is 38.9. The third-order valence-corrected chi connectivity index (χ3v) is 7.28. The smallest absolute Gasteiger partial charge is 0.236 e. The number of piperazine rings is 1. The fraction of sp³-hybridized carbons (Fsp3) is 0.875. The van der Waals surface area contributed by atoms with Gasteiger partial charge in [0.1, 0.15) is 0 Å². The number of amides is 2. The summed E-state index contributed by atoms with van der Waals surface area (Å²) in [6, 6.07) is 0. The second-order valence-electron chi connectivity index (χ2n) is 9.92. The van der Waals surface area contributed by atoms with Crippen molar-refractivity contribution in [3.63, 3.8) is 0 Å². The van der Waals surface area contributed by atoms with Crippen molar-refractivity contribution in [1.82, 2.24) is 24.9 Å². The Hall–Kier alpha value is -1.10. The van der Waals surface area contributed by atoms with Gasteiger partial charge in [0.2, 0.25) is 11.8 Å². The van der Waals surface area contributed by atoms with E-state index < -0.39 is 0 Å². The van der Waals surface area contributed by atoms with Gasteiger partial charge in [-0.2, -0.15) is 0 Å². The lowest BCUT2D eigenvalue weighted by molar-refractivity contribution is -0.138. The van der Waals surface area contributed by atoms with Crippen LogP contribution in [0.2, 0.25) is 0 Å². The number of nitrogens with one attached hydrogen (secondary N) is 1. The summed E-state index contributed by atoms with van der Waals surface area (Å²) in [5.74, 6) is 1.40. The second-order valence-corrected chi connectivity index (χ2v) is 9.92. The number of carbonyl (C=O) groups excluding carboxylic acids is 2. The molecule has 2 saturated heterocycles. The van der Waals surface area contributed by atoms with Gasteiger partial charge >= 0.3 is 0 Å². The third-order valence-electron chi connectivity index (χ3n) is 7.28. The molecule has 3 rings (SSSR count). The van der Waals surface area contributed by atoms with Crippen LogP contribution in [0.3, 0.4) is 0 Å². The Morgan fingerprint density at radius 3 is 2.03 bits per heavy atom. The summed E-state index contributed by atoms with van der Waals surface area (Å²) in [5, 5.41) is 3.43. The molecule has 0 aromatic rings. The molecule has 33 heavy (non-hydrogen) atoms. The summed E-state index contributed by atoms with van der Waals surface area (Å²) < 4.78 is 0. The zero-order valence-corrected chi connectivity index (χ0v) is 23.3. The third kappa shape index (κ3) is 7.70. The Kier molecular flexibility index (Phi) is 11.7. The van der Waals surface area contributed by atoms with Crippen LogP contribution >= 0.6 is 24.0 Å². The van der Waals surface area contributed by atoms with E-state index in [0.29, 0.717) is 13.1 Å². The molecule has 1 N–H and O–H groups in total. The number of halogens is 1. The van der Waals surface area contributed by atoms with Crippen molar-refractivity contribution in [1.29, 1.82) is 0 Å². The van der Waals surface area contributed by atoms with Crippen molar-refractivity contribution >= 4 is 41.8 Å². The fourth-order valence-electron chi connectivity index (χ4n) is 5.35. The van der Waals surface area contributed by atoms with E-state index in [1.807, 2.05) is 14.1 Å². The molecule has 0 radical (unpaired) electrons. The minimum absolute atomic E-state index is 0. The topological polar surface area (TPSA) is 71.5 Å². The Balaban J connectivity index is 0.00000385. The average Bonchev–Trinajstić information content (AvgIpc) is 3.10. The predicted octanol–water partition coefficient (Wildman–Crippen LogP) is 2.24. The minimum Gasteiger partial charge on any atom is -0.357 e. The molecule has 3 fully saturated rings. The van der Waals surface area contributed by atoms with E-state index in [4.69, 9.17) is 4.99 Å². The molecule has 2 heterocycles. The Bertz CT molecular complexity index is 649. The van der Waals surface area contributed by atoms with Gasteiger partial charge in [-0.1, -0.05) is 25.7 Å². The number of rotatable bonds is 6. The molecular formula is C24H45IN6O2. The van der Waals surface area contributed by atoms with Crippen molar-refractivity contribution in [3.8, 4) is 0 Å². The van der Waals surface area contributed by atoms with Gasteiger partial charge in [-0.15, -0.1) is 24.0 Å². The molecule has 8 nitrogen and oxygen atoms in total. The number of likely N-dealkylation sites (tertiary alicyclic amines) is 1. The number of nitrogens with zero attached hydrogens (tertiary/aromatic N) is 5. The van der Waals surface area contributed by atoms with Crippen LogP contribution in [0.15, 0.2) is 4.99 Å². The molecule has 0 unspecified atom stereocenters. The quantitative estimate of drug-likeness (QED) is 0.299. The molecule has 0 spiro atoms. The maximum Gasteiger partial charge on any atom is 0.236 e. The van der Waals surface area contributed by atoms with Gasteiger partial charge in [0.05, 0.1) is 18.5 Å². The minimum atomic E-state index is -0.342. The van der Waals surface area contributed by atoms with Gasteiger partial charge in [0.25, 0.3) is 0 Å². The average molecular weight is 577 g/mol. The summed E-state index contributed by atoms with van der Waals surface area (Å²) >= 11 is 0. The second kappa shape index (κ2) is 13.7. The molecular weight excluding hydrogens is 531 g/mol. The van der Waals surface area contributed by atoms with E-state index in [9.17, 15) is 9.59 Å². The van der Waals surface area contributed by atoms with Gasteiger partial charge in [0, 0.05) is 59.9 Å². The fourth-order valence-corrected chi connectivity index (χ4v) is 5.35. The number of carbonyl (C=O) groups is 2. The van der Waals surface area contributed by atoms with Crippen LogP contribution in [0.25, 0.3) is 0 Å². The SMILES string of the molecule is CCNC(=NCC1(C(=O)N(C)C)CCCC1)N1CCN(CC(=O)N2CCCCCC2)CC1.I. The maximum absolute atomic E-state index is 12.9. The molecule has 1 saturated carbocycles. The van der Waals surface area contributed by atoms with Gasteiger partial charge < -0.3 is 20.0 Å². The number of guanidine groups is 1. The van der Waals surface area contributed by atoms with Gasteiger partial charge in [-0.25, -0.2) is 0 Å². The van der Waals surface area contributed by atoms with Crippen LogP contribution in [0.4, 0.5) is 0 Å². The lowest BCUT2D eigenvalue weighted by Gasteiger charge is -2.37.